The zero-order chi connectivity index (χ0) is 18.7. The molecular weight excluding hydrogens is 332 g/mol. The van der Waals surface area contributed by atoms with Crippen molar-refractivity contribution < 1.29 is 24.9 Å². The molecule has 5 nitrogen and oxygen atoms in total. The normalized spacial score (nSPS) is 44.1. The Morgan fingerprint density at radius 1 is 1.23 bits per heavy atom. The van der Waals surface area contributed by atoms with Crippen LogP contribution in [0.5, 0.6) is 0 Å². The van der Waals surface area contributed by atoms with Crippen LogP contribution in [-0.2, 0) is 9.59 Å². The molecule has 26 heavy (non-hydrogen) atoms. The minimum atomic E-state index is -1.57. The van der Waals surface area contributed by atoms with Crippen LogP contribution in [0.1, 0.15) is 51.9 Å². The van der Waals surface area contributed by atoms with Crippen molar-refractivity contribution in [3.63, 3.8) is 0 Å². The van der Waals surface area contributed by atoms with E-state index >= 15 is 0 Å². The van der Waals surface area contributed by atoms with Crippen molar-refractivity contribution in [3.05, 3.63) is 23.3 Å². The van der Waals surface area contributed by atoms with E-state index in [9.17, 15) is 24.9 Å². The Bertz CT molecular complexity index is 722. The van der Waals surface area contributed by atoms with Gasteiger partial charge in [-0.2, -0.15) is 0 Å². The maximum atomic E-state index is 12.4. The molecule has 1 spiro atoms. The predicted octanol–water partition coefficient (Wildman–Crippen LogP) is 1.70. The summed E-state index contributed by atoms with van der Waals surface area (Å²) in [5, 5.41) is 30.2. The number of hydrogen-bond donors (Lipinski definition) is 3. The van der Waals surface area contributed by atoms with Gasteiger partial charge < -0.3 is 15.3 Å². The molecule has 0 amide bonds. The molecule has 0 aliphatic heterocycles. The third-order valence-corrected chi connectivity index (χ3v) is 7.93. The monoisotopic (exact) mass is 360 g/mol. The third-order valence-electron chi connectivity index (χ3n) is 7.93. The van der Waals surface area contributed by atoms with Gasteiger partial charge in [0.1, 0.15) is 12.2 Å². The molecule has 0 radical (unpaired) electrons. The molecule has 4 rings (SSSR count). The summed E-state index contributed by atoms with van der Waals surface area (Å²) in [6.07, 6.45) is 8.77. The lowest BCUT2D eigenvalue weighted by molar-refractivity contribution is -0.156. The summed E-state index contributed by atoms with van der Waals surface area (Å²) in [4.78, 5) is 24.1. The lowest BCUT2D eigenvalue weighted by atomic mass is 9.59. The van der Waals surface area contributed by atoms with Gasteiger partial charge in [-0.05, 0) is 56.4 Å². The molecule has 3 N–H and O–H groups in total. The average molecular weight is 360 g/mol. The van der Waals surface area contributed by atoms with Gasteiger partial charge in [0, 0.05) is 23.9 Å². The lowest BCUT2D eigenvalue weighted by Crippen LogP contribution is -2.54. The molecule has 0 heterocycles. The lowest BCUT2D eigenvalue weighted by Gasteiger charge is -2.46. The van der Waals surface area contributed by atoms with Gasteiger partial charge >= 0.3 is 0 Å². The number of carbonyl (C=O) groups excluding carboxylic acids is 2. The van der Waals surface area contributed by atoms with Crippen LogP contribution >= 0.6 is 0 Å². The molecule has 0 bridgehead atoms. The van der Waals surface area contributed by atoms with Crippen LogP contribution < -0.4 is 0 Å². The largest absolute Gasteiger partial charge is 0.396 e. The molecule has 0 saturated heterocycles. The first kappa shape index (κ1) is 18.1. The second-order valence-electron chi connectivity index (χ2n) is 8.83. The van der Waals surface area contributed by atoms with Crippen molar-refractivity contribution in [1.29, 1.82) is 0 Å². The molecule has 0 aromatic rings. The third kappa shape index (κ3) is 2.20. The van der Waals surface area contributed by atoms with Crippen LogP contribution in [0.25, 0.3) is 0 Å². The predicted molar refractivity (Wildman–Crippen MR) is 95.1 cm³/mol. The second kappa shape index (κ2) is 5.85. The first-order valence-corrected chi connectivity index (χ1v) is 9.77. The van der Waals surface area contributed by atoms with Crippen LogP contribution in [0.4, 0.5) is 0 Å². The van der Waals surface area contributed by atoms with Crippen molar-refractivity contribution in [1.82, 2.24) is 0 Å². The van der Waals surface area contributed by atoms with Gasteiger partial charge in [-0.15, -0.1) is 0 Å². The number of ketones is 2. The topological polar surface area (TPSA) is 94.8 Å². The van der Waals surface area contributed by atoms with E-state index in [1.54, 1.807) is 0 Å². The highest BCUT2D eigenvalue weighted by Crippen LogP contribution is 2.68. The van der Waals surface area contributed by atoms with Gasteiger partial charge in [-0.25, -0.2) is 0 Å². The van der Waals surface area contributed by atoms with E-state index < -0.39 is 23.4 Å². The summed E-state index contributed by atoms with van der Waals surface area (Å²) in [5.74, 6) is 0.0603. The van der Waals surface area contributed by atoms with Crippen molar-refractivity contribution in [2.75, 3.05) is 13.2 Å². The summed E-state index contributed by atoms with van der Waals surface area (Å²) >= 11 is 0. The molecule has 0 unspecified atom stereocenters. The highest BCUT2D eigenvalue weighted by Gasteiger charge is 2.64. The van der Waals surface area contributed by atoms with E-state index in [2.05, 4.69) is 6.08 Å². The van der Waals surface area contributed by atoms with E-state index in [1.807, 2.05) is 13.0 Å². The van der Waals surface area contributed by atoms with Gasteiger partial charge in [-0.3, -0.25) is 9.59 Å². The zero-order valence-corrected chi connectivity index (χ0v) is 15.3. The SMILES string of the molecule is C[C@]1(CCO)[C@H]([C@@H]2CCC3=CC(=O)CC[C@@]34C=C24)CC[C@]1(O)C(=O)CO. The Labute approximate surface area is 153 Å². The molecule has 0 aromatic heterocycles. The minimum absolute atomic E-state index is 0.0152. The fourth-order valence-electron chi connectivity index (χ4n) is 6.35. The van der Waals surface area contributed by atoms with E-state index in [1.165, 1.54) is 11.1 Å². The fraction of sp³-hybridized carbons (Fsp3) is 0.714. The van der Waals surface area contributed by atoms with Gasteiger partial charge in [0.2, 0.25) is 0 Å². The number of aliphatic hydroxyl groups is 3. The minimum Gasteiger partial charge on any atom is -0.396 e. The summed E-state index contributed by atoms with van der Waals surface area (Å²) in [6.45, 7) is 1.14. The molecule has 0 aromatic carbocycles. The summed E-state index contributed by atoms with van der Waals surface area (Å²) in [5.41, 5.74) is 0.276. The molecule has 2 saturated carbocycles. The van der Waals surface area contributed by atoms with Gasteiger partial charge in [0.25, 0.3) is 0 Å². The fourth-order valence-corrected chi connectivity index (χ4v) is 6.35. The second-order valence-corrected chi connectivity index (χ2v) is 8.83. The molecule has 5 atom stereocenters. The highest BCUT2D eigenvalue weighted by atomic mass is 16.3. The number of allylic oxidation sites excluding steroid dienone is 4. The average Bonchev–Trinajstić information content (AvgIpc) is 3.30. The van der Waals surface area contributed by atoms with Crippen molar-refractivity contribution in [2.24, 2.45) is 22.7 Å². The molecule has 4 aliphatic carbocycles. The number of carbonyl (C=O) groups is 2. The molecule has 142 valence electrons. The molecule has 4 aliphatic rings. The van der Waals surface area contributed by atoms with Crippen LogP contribution in [0, 0.1) is 22.7 Å². The Morgan fingerprint density at radius 2 is 2.00 bits per heavy atom. The number of hydrogen-bond acceptors (Lipinski definition) is 5. The van der Waals surface area contributed by atoms with Crippen molar-refractivity contribution in [2.45, 2.75) is 57.5 Å². The van der Waals surface area contributed by atoms with Gasteiger partial charge in [0.05, 0.1) is 0 Å². The first-order valence-electron chi connectivity index (χ1n) is 9.77. The maximum Gasteiger partial charge on any atom is 0.190 e. The van der Waals surface area contributed by atoms with Crippen LogP contribution in [0.2, 0.25) is 0 Å². The summed E-state index contributed by atoms with van der Waals surface area (Å²) in [6, 6.07) is 0. The Morgan fingerprint density at radius 3 is 2.69 bits per heavy atom. The molecule has 5 heteroatoms. The Hall–Kier alpha value is -1.30. The van der Waals surface area contributed by atoms with E-state index in [0.717, 1.165) is 25.7 Å². The van der Waals surface area contributed by atoms with Gasteiger partial charge in [-0.1, -0.05) is 24.1 Å². The molecular formula is C21H28O5. The first-order chi connectivity index (χ1) is 12.3. The number of Topliss-reactive ketones (excluding diaryl/α,β-unsaturated/α-hetero) is 1. The van der Waals surface area contributed by atoms with Gasteiger partial charge in [0.15, 0.2) is 11.6 Å². The maximum absolute atomic E-state index is 12.4. The summed E-state index contributed by atoms with van der Waals surface area (Å²) in [7, 11) is 0. The highest BCUT2D eigenvalue weighted by molar-refractivity contribution is 5.93. The van der Waals surface area contributed by atoms with Crippen molar-refractivity contribution >= 4 is 11.6 Å². The molecule has 2 fully saturated rings. The van der Waals surface area contributed by atoms with E-state index in [0.29, 0.717) is 19.3 Å². The Balaban J connectivity index is 1.65. The number of rotatable bonds is 5. The smallest absolute Gasteiger partial charge is 0.190 e. The summed E-state index contributed by atoms with van der Waals surface area (Å²) < 4.78 is 0. The standard InChI is InChI=1S/C21H28O5/c1-19(8-9-22)16(5-7-21(19,26)18(25)12-23)15-3-2-13-10-14(24)4-6-20(13)11-17(15)20/h10-11,15-16,22-23,26H,2-9,12H2,1H3/t15-,16-,19-,20+,21-/m0/s1. The number of aliphatic hydroxyl groups excluding tert-OH is 2. The van der Waals surface area contributed by atoms with Crippen LogP contribution in [-0.4, -0.2) is 45.7 Å². The van der Waals surface area contributed by atoms with E-state index in [-0.39, 0.29) is 29.6 Å². The quantitative estimate of drug-likeness (QED) is 0.649. The van der Waals surface area contributed by atoms with E-state index in [4.69, 9.17) is 0 Å². The Kier molecular flexibility index (Phi) is 4.07. The zero-order valence-electron chi connectivity index (χ0n) is 15.3. The van der Waals surface area contributed by atoms with Crippen molar-refractivity contribution in [3.8, 4) is 0 Å². The van der Waals surface area contributed by atoms with Crippen LogP contribution in [0.15, 0.2) is 23.3 Å². The van der Waals surface area contributed by atoms with Crippen LogP contribution in [0.3, 0.4) is 0 Å².